The normalized spacial score (nSPS) is 12.4. The molecule has 1 nitrogen and oxygen atoms in total. The number of rotatable bonds is 7. The number of hydrogen-bond acceptors (Lipinski definition) is 2. The minimum Gasteiger partial charge on any atom is -0.313 e. The highest BCUT2D eigenvalue weighted by Crippen LogP contribution is 2.19. The van der Waals surface area contributed by atoms with Crippen LogP contribution in [0.15, 0.2) is 47.4 Å². The molecule has 2 heteroatoms. The SMILES string of the molecule is C=C(C)CC(CSc1ccccc1)NCC. The van der Waals surface area contributed by atoms with E-state index in [1.54, 1.807) is 0 Å². The molecule has 0 aliphatic carbocycles. The van der Waals surface area contributed by atoms with Gasteiger partial charge in [-0.2, -0.15) is 0 Å². The van der Waals surface area contributed by atoms with Crippen LogP contribution in [-0.2, 0) is 0 Å². The number of thioether (sulfide) groups is 1. The highest BCUT2D eigenvalue weighted by Gasteiger charge is 2.07. The quantitative estimate of drug-likeness (QED) is 0.571. The Balaban J connectivity index is 2.40. The fourth-order valence-electron chi connectivity index (χ4n) is 1.61. The molecular weight excluding hydrogens is 214 g/mol. The molecule has 0 aromatic heterocycles. The van der Waals surface area contributed by atoms with Crippen LogP contribution in [0.25, 0.3) is 0 Å². The maximum absolute atomic E-state index is 3.98. The maximum Gasteiger partial charge on any atom is 0.0198 e. The van der Waals surface area contributed by atoms with Gasteiger partial charge in [-0.1, -0.05) is 30.7 Å². The van der Waals surface area contributed by atoms with Gasteiger partial charge in [-0.15, -0.1) is 18.3 Å². The second-order valence-corrected chi connectivity index (χ2v) is 5.13. The van der Waals surface area contributed by atoms with Crippen LogP contribution in [0.2, 0.25) is 0 Å². The minimum absolute atomic E-state index is 0.535. The molecule has 0 spiro atoms. The number of nitrogens with one attached hydrogen (secondary N) is 1. The van der Waals surface area contributed by atoms with Gasteiger partial charge in [-0.3, -0.25) is 0 Å². The Morgan fingerprint density at radius 2 is 2.06 bits per heavy atom. The first-order valence-corrected chi connectivity index (χ1v) is 6.76. The van der Waals surface area contributed by atoms with Gasteiger partial charge in [-0.05, 0) is 32.0 Å². The van der Waals surface area contributed by atoms with E-state index in [9.17, 15) is 0 Å². The summed E-state index contributed by atoms with van der Waals surface area (Å²) in [4.78, 5) is 1.34. The van der Waals surface area contributed by atoms with Crippen molar-refractivity contribution in [1.29, 1.82) is 0 Å². The zero-order valence-corrected chi connectivity index (χ0v) is 11.0. The van der Waals surface area contributed by atoms with Crippen LogP contribution in [0.5, 0.6) is 0 Å². The molecule has 0 aliphatic rings. The van der Waals surface area contributed by atoms with Gasteiger partial charge >= 0.3 is 0 Å². The van der Waals surface area contributed by atoms with Crippen LogP contribution >= 0.6 is 11.8 Å². The molecule has 0 amide bonds. The molecule has 1 N–H and O–H groups in total. The summed E-state index contributed by atoms with van der Waals surface area (Å²) in [5.41, 5.74) is 1.25. The zero-order valence-electron chi connectivity index (χ0n) is 10.2. The smallest absolute Gasteiger partial charge is 0.0198 e. The van der Waals surface area contributed by atoms with E-state index in [2.05, 4.69) is 56.1 Å². The Hall–Kier alpha value is -0.730. The van der Waals surface area contributed by atoms with Gasteiger partial charge in [0.25, 0.3) is 0 Å². The van der Waals surface area contributed by atoms with Crippen LogP contribution < -0.4 is 5.32 Å². The molecule has 0 saturated heterocycles. The lowest BCUT2D eigenvalue weighted by Crippen LogP contribution is -2.31. The third-order valence-corrected chi connectivity index (χ3v) is 3.46. The van der Waals surface area contributed by atoms with E-state index < -0.39 is 0 Å². The van der Waals surface area contributed by atoms with Gasteiger partial charge in [0.05, 0.1) is 0 Å². The molecule has 0 bridgehead atoms. The minimum atomic E-state index is 0.535. The molecule has 16 heavy (non-hydrogen) atoms. The van der Waals surface area contributed by atoms with E-state index in [-0.39, 0.29) is 0 Å². The van der Waals surface area contributed by atoms with Crippen molar-refractivity contribution < 1.29 is 0 Å². The maximum atomic E-state index is 3.98. The Morgan fingerprint density at radius 1 is 1.38 bits per heavy atom. The summed E-state index contributed by atoms with van der Waals surface area (Å²) in [5, 5.41) is 3.50. The summed E-state index contributed by atoms with van der Waals surface area (Å²) < 4.78 is 0. The average Bonchev–Trinajstić information content (AvgIpc) is 2.27. The standard InChI is InChI=1S/C14H21NS/c1-4-15-13(10-12(2)3)11-16-14-8-6-5-7-9-14/h5-9,13,15H,2,4,10-11H2,1,3H3. The Kier molecular flexibility index (Phi) is 6.27. The first-order chi connectivity index (χ1) is 7.72. The summed E-state index contributed by atoms with van der Waals surface area (Å²) in [5.74, 6) is 1.10. The van der Waals surface area contributed by atoms with E-state index in [1.165, 1.54) is 10.5 Å². The lowest BCUT2D eigenvalue weighted by Gasteiger charge is -2.17. The van der Waals surface area contributed by atoms with Crippen molar-refractivity contribution in [1.82, 2.24) is 5.32 Å². The Labute approximate surface area is 103 Å². The van der Waals surface area contributed by atoms with Crippen LogP contribution in [0.1, 0.15) is 20.3 Å². The molecule has 1 rings (SSSR count). The molecule has 0 saturated carbocycles. The molecule has 1 atom stereocenters. The molecule has 1 unspecified atom stereocenters. The fourth-order valence-corrected chi connectivity index (χ4v) is 2.59. The van der Waals surface area contributed by atoms with Gasteiger partial charge in [-0.25, -0.2) is 0 Å². The summed E-state index contributed by atoms with van der Waals surface area (Å²) in [7, 11) is 0. The number of hydrogen-bond donors (Lipinski definition) is 1. The predicted octanol–water partition coefficient (Wildman–Crippen LogP) is 3.72. The molecule has 88 valence electrons. The van der Waals surface area contributed by atoms with Gasteiger partial charge in [0, 0.05) is 16.7 Å². The first-order valence-electron chi connectivity index (χ1n) is 5.78. The number of benzene rings is 1. The Bertz CT molecular complexity index is 308. The van der Waals surface area contributed by atoms with Gasteiger partial charge in [0.15, 0.2) is 0 Å². The molecule has 0 radical (unpaired) electrons. The topological polar surface area (TPSA) is 12.0 Å². The van der Waals surface area contributed by atoms with Crippen LogP contribution in [0.4, 0.5) is 0 Å². The van der Waals surface area contributed by atoms with E-state index in [0.29, 0.717) is 6.04 Å². The molecule has 0 aliphatic heterocycles. The largest absolute Gasteiger partial charge is 0.313 e. The third kappa shape index (κ3) is 5.38. The summed E-state index contributed by atoms with van der Waals surface area (Å²) in [6.07, 6.45) is 1.06. The monoisotopic (exact) mass is 235 g/mol. The first kappa shape index (κ1) is 13.3. The second kappa shape index (κ2) is 7.53. The summed E-state index contributed by atoms with van der Waals surface area (Å²) in [6, 6.07) is 11.1. The van der Waals surface area contributed by atoms with Crippen LogP contribution in [-0.4, -0.2) is 18.3 Å². The van der Waals surface area contributed by atoms with Crippen LogP contribution in [0.3, 0.4) is 0 Å². The molecule has 0 fully saturated rings. The van der Waals surface area contributed by atoms with Crippen molar-refractivity contribution in [3.05, 3.63) is 42.5 Å². The summed E-state index contributed by atoms with van der Waals surface area (Å²) in [6.45, 7) is 9.25. The predicted molar refractivity (Wildman–Crippen MR) is 74.1 cm³/mol. The van der Waals surface area contributed by atoms with E-state index >= 15 is 0 Å². The van der Waals surface area contributed by atoms with Crippen molar-refractivity contribution in [2.75, 3.05) is 12.3 Å². The summed E-state index contributed by atoms with van der Waals surface area (Å²) >= 11 is 1.91. The lowest BCUT2D eigenvalue weighted by molar-refractivity contribution is 0.571. The van der Waals surface area contributed by atoms with E-state index in [0.717, 1.165) is 18.7 Å². The molecular formula is C14H21NS. The van der Waals surface area contributed by atoms with E-state index in [1.807, 2.05) is 11.8 Å². The molecule has 1 aromatic rings. The lowest BCUT2D eigenvalue weighted by atomic mass is 10.1. The van der Waals surface area contributed by atoms with Crippen LogP contribution in [0, 0.1) is 0 Å². The second-order valence-electron chi connectivity index (χ2n) is 4.04. The Morgan fingerprint density at radius 3 is 2.62 bits per heavy atom. The van der Waals surface area contributed by atoms with Crippen molar-refractivity contribution in [2.45, 2.75) is 31.2 Å². The third-order valence-electron chi connectivity index (χ3n) is 2.28. The van der Waals surface area contributed by atoms with Crippen molar-refractivity contribution in [3.63, 3.8) is 0 Å². The highest BCUT2D eigenvalue weighted by atomic mass is 32.2. The molecule has 1 aromatic carbocycles. The van der Waals surface area contributed by atoms with Crippen molar-refractivity contribution >= 4 is 11.8 Å². The van der Waals surface area contributed by atoms with Crippen molar-refractivity contribution in [2.24, 2.45) is 0 Å². The highest BCUT2D eigenvalue weighted by molar-refractivity contribution is 7.99. The van der Waals surface area contributed by atoms with Gasteiger partial charge < -0.3 is 5.32 Å². The zero-order chi connectivity index (χ0) is 11.8. The van der Waals surface area contributed by atoms with Gasteiger partial charge in [0.2, 0.25) is 0 Å². The van der Waals surface area contributed by atoms with Gasteiger partial charge in [0.1, 0.15) is 0 Å². The average molecular weight is 235 g/mol. The fraction of sp³-hybridized carbons (Fsp3) is 0.429. The van der Waals surface area contributed by atoms with Crippen molar-refractivity contribution in [3.8, 4) is 0 Å². The van der Waals surface area contributed by atoms with E-state index in [4.69, 9.17) is 0 Å². The molecule has 0 heterocycles.